The van der Waals surface area contributed by atoms with Gasteiger partial charge in [-0.15, -0.1) is 0 Å². The van der Waals surface area contributed by atoms with Crippen molar-refractivity contribution < 1.29 is 13.5 Å². The lowest BCUT2D eigenvalue weighted by molar-refractivity contribution is 0.153. The van der Waals surface area contributed by atoms with Gasteiger partial charge in [0.2, 0.25) is 10.0 Å². The Labute approximate surface area is 131 Å². The zero-order chi connectivity index (χ0) is 15.6. The number of anilines is 1. The topological polar surface area (TPSA) is 73.7 Å². The zero-order valence-electron chi connectivity index (χ0n) is 12.7. The number of sulfonamides is 1. The summed E-state index contributed by atoms with van der Waals surface area (Å²) in [6, 6.07) is 3.30. The van der Waals surface area contributed by atoms with E-state index in [9.17, 15) is 13.5 Å². The monoisotopic (exact) mass is 325 g/mol. The second kappa shape index (κ2) is 6.52. The Morgan fingerprint density at radius 1 is 1.14 bits per heavy atom. The summed E-state index contributed by atoms with van der Waals surface area (Å²) < 4.78 is 27.4. The van der Waals surface area contributed by atoms with Crippen LogP contribution in [0.25, 0.3) is 0 Å². The first kappa shape index (κ1) is 15.7. The lowest BCUT2D eigenvalue weighted by Gasteiger charge is -2.33. The smallest absolute Gasteiger partial charge is 0.246 e. The quantitative estimate of drug-likeness (QED) is 0.904. The third kappa shape index (κ3) is 3.11. The number of aliphatic hydroxyl groups excluding tert-OH is 1. The van der Waals surface area contributed by atoms with E-state index >= 15 is 0 Å². The Morgan fingerprint density at radius 2 is 1.91 bits per heavy atom. The third-order valence-electron chi connectivity index (χ3n) is 4.38. The Hall–Kier alpha value is -1.18. The summed E-state index contributed by atoms with van der Waals surface area (Å²) >= 11 is 0. The molecular weight excluding hydrogens is 302 g/mol. The van der Waals surface area contributed by atoms with Gasteiger partial charge in [0.05, 0.1) is 6.10 Å². The van der Waals surface area contributed by atoms with Crippen LogP contribution in [0.2, 0.25) is 0 Å². The Bertz CT molecular complexity index is 614. The number of aliphatic hydroxyl groups is 1. The van der Waals surface area contributed by atoms with Gasteiger partial charge in [0.25, 0.3) is 0 Å². The molecule has 0 radical (unpaired) electrons. The van der Waals surface area contributed by atoms with Crippen LogP contribution < -0.4 is 4.90 Å². The molecule has 1 aromatic rings. The molecule has 0 spiro atoms. The molecule has 2 saturated heterocycles. The van der Waals surface area contributed by atoms with Crippen molar-refractivity contribution in [3.63, 3.8) is 0 Å². The highest BCUT2D eigenvalue weighted by molar-refractivity contribution is 7.89. The normalized spacial score (nSPS) is 24.4. The van der Waals surface area contributed by atoms with Gasteiger partial charge in [0, 0.05) is 32.4 Å². The van der Waals surface area contributed by atoms with Crippen LogP contribution in [0.15, 0.2) is 23.2 Å². The molecule has 2 fully saturated rings. The molecule has 122 valence electrons. The molecule has 0 bridgehead atoms. The molecule has 22 heavy (non-hydrogen) atoms. The minimum atomic E-state index is -3.51. The van der Waals surface area contributed by atoms with Gasteiger partial charge in [-0.25, -0.2) is 13.4 Å². The van der Waals surface area contributed by atoms with Crippen LogP contribution in [0.5, 0.6) is 0 Å². The standard InChI is InChI=1S/C15H23N3O3S/c19-13-6-5-9-17(12-13)15-14(7-4-8-16-15)22(20,21)18-10-2-1-3-11-18/h4,7-8,13,19H,1-3,5-6,9-12H2. The number of aromatic nitrogens is 1. The molecule has 1 N–H and O–H groups in total. The average Bonchev–Trinajstić information content (AvgIpc) is 2.56. The van der Waals surface area contributed by atoms with Crippen LogP contribution in [-0.4, -0.2) is 55.1 Å². The van der Waals surface area contributed by atoms with Gasteiger partial charge in [-0.3, -0.25) is 0 Å². The fourth-order valence-electron chi connectivity index (χ4n) is 3.21. The predicted molar refractivity (Wildman–Crippen MR) is 84.3 cm³/mol. The maximum absolute atomic E-state index is 12.9. The number of piperidine rings is 2. The minimum Gasteiger partial charge on any atom is -0.391 e. The van der Waals surface area contributed by atoms with Crippen LogP contribution in [0.1, 0.15) is 32.1 Å². The van der Waals surface area contributed by atoms with Crippen LogP contribution in [0.4, 0.5) is 5.82 Å². The van der Waals surface area contributed by atoms with Gasteiger partial charge < -0.3 is 10.0 Å². The largest absolute Gasteiger partial charge is 0.391 e. The lowest BCUT2D eigenvalue weighted by atomic mass is 10.1. The van der Waals surface area contributed by atoms with Crippen molar-refractivity contribution in [3.05, 3.63) is 18.3 Å². The second-order valence-electron chi connectivity index (χ2n) is 6.03. The first-order chi connectivity index (χ1) is 10.6. The summed E-state index contributed by atoms with van der Waals surface area (Å²) in [6.45, 7) is 2.34. The Kier molecular flexibility index (Phi) is 4.65. The van der Waals surface area contributed by atoms with Crippen molar-refractivity contribution in [3.8, 4) is 0 Å². The molecule has 2 aliphatic rings. The van der Waals surface area contributed by atoms with Crippen molar-refractivity contribution in [2.24, 2.45) is 0 Å². The fourth-order valence-corrected chi connectivity index (χ4v) is 4.89. The van der Waals surface area contributed by atoms with E-state index in [0.29, 0.717) is 25.5 Å². The minimum absolute atomic E-state index is 0.269. The van der Waals surface area contributed by atoms with Crippen LogP contribution >= 0.6 is 0 Å². The number of rotatable bonds is 3. The maximum Gasteiger partial charge on any atom is 0.246 e. The molecule has 7 heteroatoms. The molecule has 6 nitrogen and oxygen atoms in total. The van der Waals surface area contributed by atoms with Gasteiger partial charge in [-0.05, 0) is 37.8 Å². The number of β-amino-alcohol motifs (C(OH)–C–C–N with tert-alkyl or cyclic N) is 1. The number of pyridine rings is 1. The molecule has 1 unspecified atom stereocenters. The molecule has 2 aliphatic heterocycles. The molecule has 0 amide bonds. The highest BCUT2D eigenvalue weighted by atomic mass is 32.2. The van der Waals surface area contributed by atoms with Gasteiger partial charge in [-0.1, -0.05) is 6.42 Å². The third-order valence-corrected chi connectivity index (χ3v) is 6.30. The van der Waals surface area contributed by atoms with Gasteiger partial charge >= 0.3 is 0 Å². The summed E-state index contributed by atoms with van der Waals surface area (Å²) in [4.78, 5) is 6.47. The van der Waals surface area contributed by atoms with E-state index in [-0.39, 0.29) is 4.90 Å². The first-order valence-corrected chi connectivity index (χ1v) is 9.41. The van der Waals surface area contributed by atoms with Crippen molar-refractivity contribution in [1.29, 1.82) is 0 Å². The van der Waals surface area contributed by atoms with E-state index in [0.717, 1.165) is 38.6 Å². The average molecular weight is 325 g/mol. The Morgan fingerprint density at radius 3 is 2.64 bits per heavy atom. The fraction of sp³-hybridized carbons (Fsp3) is 0.667. The van der Waals surface area contributed by atoms with Crippen molar-refractivity contribution in [1.82, 2.24) is 9.29 Å². The zero-order valence-corrected chi connectivity index (χ0v) is 13.5. The highest BCUT2D eigenvalue weighted by Gasteiger charge is 2.31. The van der Waals surface area contributed by atoms with Gasteiger partial charge in [0.1, 0.15) is 10.7 Å². The highest BCUT2D eigenvalue weighted by Crippen LogP contribution is 2.29. The molecule has 1 atom stereocenters. The van der Waals surface area contributed by atoms with Crippen LogP contribution in [0.3, 0.4) is 0 Å². The van der Waals surface area contributed by atoms with E-state index in [4.69, 9.17) is 0 Å². The summed E-state index contributed by atoms with van der Waals surface area (Å²) in [5.74, 6) is 0.479. The first-order valence-electron chi connectivity index (χ1n) is 7.97. The van der Waals surface area contributed by atoms with Gasteiger partial charge in [-0.2, -0.15) is 4.31 Å². The van der Waals surface area contributed by atoms with Gasteiger partial charge in [0.15, 0.2) is 0 Å². The molecule has 1 aromatic heterocycles. The molecule has 3 heterocycles. The summed E-state index contributed by atoms with van der Waals surface area (Å²) in [6.07, 6.45) is 5.73. The number of hydrogen-bond donors (Lipinski definition) is 1. The Balaban J connectivity index is 1.93. The summed E-state index contributed by atoms with van der Waals surface area (Å²) in [5.41, 5.74) is 0. The molecule has 0 saturated carbocycles. The van der Waals surface area contributed by atoms with Crippen molar-refractivity contribution in [2.45, 2.75) is 43.1 Å². The van der Waals surface area contributed by atoms with E-state index in [1.54, 1.807) is 22.6 Å². The van der Waals surface area contributed by atoms with E-state index in [1.807, 2.05) is 4.90 Å². The molecule has 0 aliphatic carbocycles. The van der Waals surface area contributed by atoms with Crippen molar-refractivity contribution in [2.75, 3.05) is 31.1 Å². The second-order valence-corrected chi connectivity index (χ2v) is 7.94. The summed E-state index contributed by atoms with van der Waals surface area (Å²) in [7, 11) is -3.51. The van der Waals surface area contributed by atoms with Crippen LogP contribution in [-0.2, 0) is 10.0 Å². The molecule has 3 rings (SSSR count). The summed E-state index contributed by atoms with van der Waals surface area (Å²) in [5, 5.41) is 9.85. The molecule has 0 aromatic carbocycles. The van der Waals surface area contributed by atoms with E-state index in [1.165, 1.54) is 0 Å². The number of nitrogens with zero attached hydrogens (tertiary/aromatic N) is 3. The number of hydrogen-bond acceptors (Lipinski definition) is 5. The lowest BCUT2D eigenvalue weighted by Crippen LogP contribution is -2.41. The van der Waals surface area contributed by atoms with E-state index in [2.05, 4.69) is 4.98 Å². The molecular formula is C15H23N3O3S. The SMILES string of the molecule is O=S(=O)(c1cccnc1N1CCCC(O)C1)N1CCCCC1. The van der Waals surface area contributed by atoms with E-state index < -0.39 is 16.1 Å². The van der Waals surface area contributed by atoms with Crippen molar-refractivity contribution >= 4 is 15.8 Å². The maximum atomic E-state index is 12.9. The van der Waals surface area contributed by atoms with Crippen LogP contribution in [0, 0.1) is 0 Å². The predicted octanol–water partition coefficient (Wildman–Crippen LogP) is 1.22.